The van der Waals surface area contributed by atoms with Gasteiger partial charge < -0.3 is 4.74 Å². The maximum Gasteiger partial charge on any atom is 0.332 e. The summed E-state index contributed by atoms with van der Waals surface area (Å²) < 4.78 is 5.93. The number of esters is 1. The van der Waals surface area contributed by atoms with Gasteiger partial charge >= 0.3 is 5.97 Å². The lowest BCUT2D eigenvalue weighted by Gasteiger charge is -2.04. The Labute approximate surface area is 109 Å². The van der Waals surface area contributed by atoms with Gasteiger partial charge in [0.1, 0.15) is 5.52 Å². The molecule has 98 valence electrons. The van der Waals surface area contributed by atoms with Gasteiger partial charge in [-0.15, -0.1) is 5.10 Å². The molecular formula is C13H13N3O3. The van der Waals surface area contributed by atoms with Crippen LogP contribution in [0.15, 0.2) is 40.7 Å². The molecule has 0 aliphatic heterocycles. The van der Waals surface area contributed by atoms with Crippen LogP contribution in [0.2, 0.25) is 0 Å². The number of carbonyl (C=O) groups is 1. The van der Waals surface area contributed by atoms with Crippen LogP contribution in [0.25, 0.3) is 10.9 Å². The number of hydrogen-bond acceptors (Lipinski definition) is 5. The molecule has 0 radical (unpaired) electrons. The Bertz CT molecular complexity index is 700. The van der Waals surface area contributed by atoms with E-state index in [0.29, 0.717) is 10.9 Å². The minimum Gasteiger partial charge on any atom is -0.439 e. The lowest BCUT2D eigenvalue weighted by molar-refractivity contribution is -0.142. The fourth-order valence-corrected chi connectivity index (χ4v) is 1.51. The van der Waals surface area contributed by atoms with E-state index in [4.69, 9.17) is 4.74 Å². The van der Waals surface area contributed by atoms with Crippen LogP contribution in [0.5, 0.6) is 0 Å². The van der Waals surface area contributed by atoms with E-state index in [2.05, 4.69) is 10.3 Å². The largest absolute Gasteiger partial charge is 0.439 e. The first-order valence-electron chi connectivity index (χ1n) is 5.72. The molecule has 0 bridgehead atoms. The zero-order valence-electron chi connectivity index (χ0n) is 10.7. The smallest absolute Gasteiger partial charge is 0.332 e. The van der Waals surface area contributed by atoms with Gasteiger partial charge in [0.25, 0.3) is 5.56 Å². The topological polar surface area (TPSA) is 74.1 Å². The average Bonchev–Trinajstić information content (AvgIpc) is 2.37. The molecule has 2 rings (SSSR count). The number of nitrogens with zero attached hydrogens (tertiary/aromatic N) is 3. The third-order valence-corrected chi connectivity index (χ3v) is 2.36. The average molecular weight is 259 g/mol. The van der Waals surface area contributed by atoms with Crippen LogP contribution in [-0.2, 0) is 16.3 Å². The maximum atomic E-state index is 12.0. The summed E-state index contributed by atoms with van der Waals surface area (Å²) in [5.41, 5.74) is 0.997. The number of carbonyl (C=O) groups excluding carboxylic acids is 1. The molecule has 0 saturated heterocycles. The molecule has 6 heteroatoms. The van der Waals surface area contributed by atoms with Crippen molar-refractivity contribution >= 4 is 16.9 Å². The first-order chi connectivity index (χ1) is 9.08. The minimum atomic E-state index is -0.512. The maximum absolute atomic E-state index is 12.0. The Balaban J connectivity index is 2.23. The van der Waals surface area contributed by atoms with Crippen molar-refractivity contribution in [3.63, 3.8) is 0 Å². The molecule has 19 heavy (non-hydrogen) atoms. The summed E-state index contributed by atoms with van der Waals surface area (Å²) in [5.74, 6) is -0.512. The number of allylic oxidation sites excluding steroid dienone is 1. The van der Waals surface area contributed by atoms with Gasteiger partial charge in [-0.25, -0.2) is 4.79 Å². The van der Waals surface area contributed by atoms with Gasteiger partial charge in [-0.2, -0.15) is 4.68 Å². The van der Waals surface area contributed by atoms with E-state index in [1.807, 2.05) is 0 Å². The molecule has 1 aromatic heterocycles. The standard InChI is InChI=1S/C13H13N3O3/c1-9(2)7-12(17)19-8-16-13(18)10-5-3-4-6-11(10)14-15-16/h3-7H,8H2,1-2H3. The fourth-order valence-electron chi connectivity index (χ4n) is 1.51. The van der Waals surface area contributed by atoms with E-state index in [1.54, 1.807) is 38.1 Å². The molecule has 1 aromatic carbocycles. The summed E-state index contributed by atoms with van der Waals surface area (Å²) in [7, 11) is 0. The summed E-state index contributed by atoms with van der Waals surface area (Å²) in [6.07, 6.45) is 1.35. The number of ether oxygens (including phenoxy) is 1. The summed E-state index contributed by atoms with van der Waals surface area (Å²) in [4.78, 5) is 23.4. The summed E-state index contributed by atoms with van der Waals surface area (Å²) in [6, 6.07) is 6.87. The van der Waals surface area contributed by atoms with Crippen LogP contribution in [0.4, 0.5) is 0 Å². The predicted molar refractivity (Wildman–Crippen MR) is 69.3 cm³/mol. The van der Waals surface area contributed by atoms with Crippen molar-refractivity contribution in [2.45, 2.75) is 20.6 Å². The molecule has 0 unspecified atom stereocenters. The molecule has 0 N–H and O–H groups in total. The van der Waals surface area contributed by atoms with Gasteiger partial charge in [-0.1, -0.05) is 22.9 Å². The number of rotatable bonds is 3. The lowest BCUT2D eigenvalue weighted by atomic mass is 10.2. The van der Waals surface area contributed by atoms with Crippen LogP contribution in [0.1, 0.15) is 13.8 Å². The normalized spacial score (nSPS) is 10.2. The highest BCUT2D eigenvalue weighted by Gasteiger charge is 2.06. The SMILES string of the molecule is CC(C)=CC(=O)OCn1nnc2ccccc2c1=O. The van der Waals surface area contributed by atoms with Crippen LogP contribution >= 0.6 is 0 Å². The van der Waals surface area contributed by atoms with Crippen LogP contribution in [0.3, 0.4) is 0 Å². The molecule has 0 aliphatic rings. The van der Waals surface area contributed by atoms with Crippen molar-refractivity contribution < 1.29 is 9.53 Å². The zero-order valence-corrected chi connectivity index (χ0v) is 10.7. The molecule has 0 fully saturated rings. The lowest BCUT2D eigenvalue weighted by Crippen LogP contribution is -2.26. The molecular weight excluding hydrogens is 246 g/mol. The van der Waals surface area contributed by atoms with Crippen molar-refractivity contribution in [3.05, 3.63) is 46.3 Å². The summed E-state index contributed by atoms with van der Waals surface area (Å²) in [6.45, 7) is 3.31. The van der Waals surface area contributed by atoms with E-state index < -0.39 is 5.97 Å². The van der Waals surface area contributed by atoms with E-state index in [0.717, 1.165) is 10.3 Å². The fraction of sp³-hybridized carbons (Fsp3) is 0.231. The van der Waals surface area contributed by atoms with Gasteiger partial charge in [0.15, 0.2) is 6.73 Å². The van der Waals surface area contributed by atoms with Crippen LogP contribution in [-0.4, -0.2) is 21.0 Å². The first kappa shape index (κ1) is 12.9. The van der Waals surface area contributed by atoms with Gasteiger partial charge in [0.05, 0.1) is 5.39 Å². The molecule has 0 atom stereocenters. The second kappa shape index (κ2) is 5.43. The highest BCUT2D eigenvalue weighted by Crippen LogP contribution is 2.03. The highest BCUT2D eigenvalue weighted by molar-refractivity contribution is 5.82. The van der Waals surface area contributed by atoms with Crippen molar-refractivity contribution in [1.29, 1.82) is 0 Å². The molecule has 0 aliphatic carbocycles. The Morgan fingerprint density at radius 2 is 2.11 bits per heavy atom. The van der Waals surface area contributed by atoms with E-state index in [-0.39, 0.29) is 12.3 Å². The van der Waals surface area contributed by atoms with Gasteiger partial charge in [0.2, 0.25) is 0 Å². The van der Waals surface area contributed by atoms with E-state index in [1.165, 1.54) is 6.08 Å². The molecule has 2 aromatic rings. The molecule has 1 heterocycles. The van der Waals surface area contributed by atoms with Gasteiger partial charge in [-0.3, -0.25) is 4.79 Å². The monoisotopic (exact) mass is 259 g/mol. The molecule has 0 saturated carbocycles. The van der Waals surface area contributed by atoms with E-state index >= 15 is 0 Å². The van der Waals surface area contributed by atoms with Crippen molar-refractivity contribution in [1.82, 2.24) is 15.0 Å². The van der Waals surface area contributed by atoms with Crippen LogP contribution in [0, 0.1) is 0 Å². The molecule has 0 spiro atoms. The Morgan fingerprint density at radius 1 is 1.37 bits per heavy atom. The summed E-state index contributed by atoms with van der Waals surface area (Å²) in [5, 5.41) is 8.04. The van der Waals surface area contributed by atoms with Crippen molar-refractivity contribution in [2.24, 2.45) is 0 Å². The second-order valence-corrected chi connectivity index (χ2v) is 4.23. The van der Waals surface area contributed by atoms with Gasteiger partial charge in [0, 0.05) is 6.08 Å². The first-order valence-corrected chi connectivity index (χ1v) is 5.72. The van der Waals surface area contributed by atoms with E-state index in [9.17, 15) is 9.59 Å². The van der Waals surface area contributed by atoms with Gasteiger partial charge in [-0.05, 0) is 26.0 Å². The Morgan fingerprint density at radius 3 is 2.84 bits per heavy atom. The third kappa shape index (κ3) is 3.04. The second-order valence-electron chi connectivity index (χ2n) is 4.23. The Hall–Kier alpha value is -2.50. The number of hydrogen-bond donors (Lipinski definition) is 0. The predicted octanol–water partition coefficient (Wildman–Crippen LogP) is 1.26. The number of fused-ring (bicyclic) bond motifs is 1. The summed E-state index contributed by atoms with van der Waals surface area (Å²) >= 11 is 0. The number of benzene rings is 1. The minimum absolute atomic E-state index is 0.251. The zero-order chi connectivity index (χ0) is 13.8. The van der Waals surface area contributed by atoms with Crippen molar-refractivity contribution in [2.75, 3.05) is 0 Å². The van der Waals surface area contributed by atoms with Crippen molar-refractivity contribution in [3.8, 4) is 0 Å². The Kier molecular flexibility index (Phi) is 3.70. The quantitative estimate of drug-likeness (QED) is 0.612. The molecule has 6 nitrogen and oxygen atoms in total. The highest BCUT2D eigenvalue weighted by atomic mass is 16.5. The third-order valence-electron chi connectivity index (χ3n) is 2.36. The number of aromatic nitrogens is 3. The molecule has 0 amide bonds. The van der Waals surface area contributed by atoms with Crippen LogP contribution < -0.4 is 5.56 Å².